The van der Waals surface area contributed by atoms with Crippen LogP contribution in [-0.4, -0.2) is 0 Å². The second-order valence-electron chi connectivity index (χ2n) is 20.0. The summed E-state index contributed by atoms with van der Waals surface area (Å²) in [6, 6.07) is 74.7. The summed E-state index contributed by atoms with van der Waals surface area (Å²) in [7, 11) is 0. The Balaban J connectivity index is 1.13. The second-order valence-corrected chi connectivity index (χ2v) is 20.0. The smallest absolute Gasteiger partial charge is 0.148 e. The molecule has 0 aliphatic heterocycles. The van der Waals surface area contributed by atoms with Gasteiger partial charge in [0.05, 0.1) is 22.7 Å². The van der Waals surface area contributed by atoms with Gasteiger partial charge < -0.3 is 9.80 Å². The highest BCUT2D eigenvalue weighted by Crippen LogP contribution is 2.52. The van der Waals surface area contributed by atoms with Crippen LogP contribution in [0, 0.1) is 53.2 Å². The summed E-state index contributed by atoms with van der Waals surface area (Å²) < 4.78 is 35.9. The Morgan fingerprint density at radius 2 is 0.608 bits per heavy atom. The lowest BCUT2D eigenvalue weighted by atomic mass is 9.90. The Labute approximate surface area is 432 Å². The van der Waals surface area contributed by atoms with Gasteiger partial charge in [-0.15, -0.1) is 0 Å². The third-order valence-electron chi connectivity index (χ3n) is 14.9. The van der Waals surface area contributed by atoms with E-state index in [0.29, 0.717) is 11.4 Å². The zero-order chi connectivity index (χ0) is 50.8. The van der Waals surface area contributed by atoms with Crippen LogP contribution in [-0.2, 0) is 0 Å². The van der Waals surface area contributed by atoms with Gasteiger partial charge in [-0.3, -0.25) is 0 Å². The van der Waals surface area contributed by atoms with Gasteiger partial charge >= 0.3 is 0 Å². The zero-order valence-corrected chi connectivity index (χ0v) is 42.4. The van der Waals surface area contributed by atoms with Crippen LogP contribution in [0.1, 0.15) is 33.4 Å². The summed E-state index contributed by atoms with van der Waals surface area (Å²) in [5.41, 5.74) is 17.8. The Hall–Kier alpha value is -8.86. The maximum Gasteiger partial charge on any atom is 0.148 e. The molecule has 12 rings (SSSR count). The average molecular weight is 961 g/mol. The van der Waals surface area contributed by atoms with Crippen molar-refractivity contribution in [2.75, 3.05) is 9.80 Å². The first-order valence-electron chi connectivity index (χ1n) is 25.4. The van der Waals surface area contributed by atoms with Crippen LogP contribution >= 0.6 is 0 Å². The first kappa shape index (κ1) is 46.2. The number of nitrogens with zero attached hydrogens (tertiary/aromatic N) is 2. The molecular weight excluding hydrogens is 907 g/mol. The van der Waals surface area contributed by atoms with E-state index in [1.807, 2.05) is 24.3 Å². The SMILES string of the molecule is Cc1ccc(-c2cc(F)c(N(c3ccccc3C)c3ccc4ccc5c(N(c6ccccc6C)c6c(F)cc(-c7ccc(C)cc7)cc6-c6ccc(C)cc6)ccc6ccc3c4c65)c(-c3ccc(C)cc3)c2)cc1. The number of halogens is 2. The summed E-state index contributed by atoms with van der Waals surface area (Å²) in [6.07, 6.45) is 0. The number of rotatable bonds is 10. The number of para-hydroxylation sites is 2. The predicted octanol–water partition coefficient (Wildman–Crippen LogP) is 20.3. The highest BCUT2D eigenvalue weighted by atomic mass is 19.1. The Kier molecular flexibility index (Phi) is 11.6. The fraction of sp³-hybridized carbons (Fsp3) is 0.0857. The molecule has 12 aromatic rings. The first-order chi connectivity index (χ1) is 36.0. The van der Waals surface area contributed by atoms with Crippen LogP contribution in [0.5, 0.6) is 0 Å². The van der Waals surface area contributed by atoms with Crippen molar-refractivity contribution >= 4 is 66.4 Å². The molecule has 0 bridgehead atoms. The highest BCUT2D eigenvalue weighted by Gasteiger charge is 2.29. The van der Waals surface area contributed by atoms with Crippen molar-refractivity contribution in [2.45, 2.75) is 41.5 Å². The molecule has 4 heteroatoms. The van der Waals surface area contributed by atoms with Gasteiger partial charge in [-0.05, 0) is 156 Å². The largest absolute Gasteiger partial charge is 0.306 e. The van der Waals surface area contributed by atoms with Crippen molar-refractivity contribution in [3.05, 3.63) is 263 Å². The molecular formula is C70H54F2N2. The minimum Gasteiger partial charge on any atom is -0.306 e. The third-order valence-corrected chi connectivity index (χ3v) is 14.9. The van der Waals surface area contributed by atoms with Gasteiger partial charge in [0.15, 0.2) is 0 Å². The molecule has 2 nitrogen and oxygen atoms in total. The van der Waals surface area contributed by atoms with Gasteiger partial charge in [0.1, 0.15) is 11.6 Å². The Morgan fingerprint density at radius 1 is 0.284 bits per heavy atom. The van der Waals surface area contributed by atoms with Crippen LogP contribution in [0.25, 0.3) is 76.8 Å². The van der Waals surface area contributed by atoms with E-state index in [4.69, 9.17) is 0 Å². The summed E-state index contributed by atoms with van der Waals surface area (Å²) in [6.45, 7) is 12.5. The summed E-state index contributed by atoms with van der Waals surface area (Å²) in [4.78, 5) is 4.26. The van der Waals surface area contributed by atoms with E-state index in [-0.39, 0.29) is 11.6 Å². The van der Waals surface area contributed by atoms with Crippen LogP contribution < -0.4 is 9.80 Å². The fourth-order valence-electron chi connectivity index (χ4n) is 10.9. The van der Waals surface area contributed by atoms with Gasteiger partial charge in [0.25, 0.3) is 0 Å². The number of hydrogen-bond donors (Lipinski definition) is 0. The molecule has 0 saturated heterocycles. The van der Waals surface area contributed by atoms with E-state index in [1.54, 1.807) is 12.1 Å². The lowest BCUT2D eigenvalue weighted by Gasteiger charge is -2.32. The molecule has 0 radical (unpaired) electrons. The van der Waals surface area contributed by atoms with E-state index in [2.05, 4.69) is 233 Å². The predicted molar refractivity (Wildman–Crippen MR) is 310 cm³/mol. The van der Waals surface area contributed by atoms with E-state index in [0.717, 1.165) is 133 Å². The fourth-order valence-corrected chi connectivity index (χ4v) is 10.9. The monoisotopic (exact) mass is 960 g/mol. The van der Waals surface area contributed by atoms with Crippen molar-refractivity contribution in [2.24, 2.45) is 0 Å². The lowest BCUT2D eigenvalue weighted by Crippen LogP contribution is -2.16. The molecule has 358 valence electrons. The normalized spacial score (nSPS) is 11.5. The summed E-state index contributed by atoms with van der Waals surface area (Å²) >= 11 is 0. The van der Waals surface area contributed by atoms with Gasteiger partial charge in [-0.1, -0.05) is 192 Å². The quantitative estimate of drug-likeness (QED) is 0.126. The van der Waals surface area contributed by atoms with Gasteiger partial charge in [-0.2, -0.15) is 0 Å². The van der Waals surface area contributed by atoms with Crippen LogP contribution in [0.15, 0.2) is 218 Å². The molecule has 0 spiro atoms. The van der Waals surface area contributed by atoms with Crippen molar-refractivity contribution < 1.29 is 8.78 Å². The molecule has 0 heterocycles. The first-order valence-corrected chi connectivity index (χ1v) is 25.4. The summed E-state index contributed by atoms with van der Waals surface area (Å²) in [5, 5.41) is 6.13. The molecule has 0 atom stereocenters. The van der Waals surface area contributed by atoms with Crippen molar-refractivity contribution in [3.63, 3.8) is 0 Å². The van der Waals surface area contributed by atoms with Crippen molar-refractivity contribution in [1.29, 1.82) is 0 Å². The standard InChI is InChI=1S/C70H54F2N2/c1-43-15-23-49(24-16-43)55-39-59(51-27-19-45(3)20-28-51)69(61(71)41-55)73(63-13-9-7-11-47(63)5)65-37-33-53-32-36-58-66(38-34-54-31-35-57(65)67(53)68(54)58)74(64-14-10-8-12-48(64)6)70-60(52-29-21-46(4)22-30-52)40-56(42-62(70)72)50-25-17-44(2)18-26-50/h7-42H,1-6H3. The minimum atomic E-state index is -0.330. The molecule has 0 fully saturated rings. The number of anilines is 6. The van der Waals surface area contributed by atoms with Gasteiger partial charge in [0.2, 0.25) is 0 Å². The van der Waals surface area contributed by atoms with E-state index in [9.17, 15) is 0 Å². The molecule has 74 heavy (non-hydrogen) atoms. The van der Waals surface area contributed by atoms with E-state index >= 15 is 8.78 Å². The van der Waals surface area contributed by atoms with Crippen LogP contribution in [0.2, 0.25) is 0 Å². The Bertz CT molecular complexity index is 3810. The average Bonchev–Trinajstić information content (AvgIpc) is 3.42. The maximum absolute atomic E-state index is 18.0. The number of benzene rings is 12. The molecule has 0 unspecified atom stereocenters. The highest BCUT2D eigenvalue weighted by molar-refractivity contribution is 6.28. The topological polar surface area (TPSA) is 6.48 Å². The molecule has 0 aliphatic rings. The zero-order valence-electron chi connectivity index (χ0n) is 42.4. The van der Waals surface area contributed by atoms with E-state index < -0.39 is 0 Å². The number of hydrogen-bond acceptors (Lipinski definition) is 2. The van der Waals surface area contributed by atoms with Crippen LogP contribution in [0.3, 0.4) is 0 Å². The van der Waals surface area contributed by atoms with Crippen molar-refractivity contribution in [1.82, 2.24) is 0 Å². The van der Waals surface area contributed by atoms with Crippen molar-refractivity contribution in [3.8, 4) is 44.5 Å². The van der Waals surface area contributed by atoms with E-state index in [1.165, 1.54) is 0 Å². The Morgan fingerprint density at radius 3 is 0.959 bits per heavy atom. The maximum atomic E-state index is 18.0. The molecule has 0 amide bonds. The van der Waals surface area contributed by atoms with Gasteiger partial charge in [-0.25, -0.2) is 8.78 Å². The molecule has 0 N–H and O–H groups in total. The van der Waals surface area contributed by atoms with Crippen LogP contribution in [0.4, 0.5) is 42.9 Å². The molecule has 12 aromatic carbocycles. The minimum absolute atomic E-state index is 0.330. The molecule has 0 saturated carbocycles. The molecule has 0 aliphatic carbocycles. The molecule has 0 aromatic heterocycles. The lowest BCUT2D eigenvalue weighted by molar-refractivity contribution is 0.629. The van der Waals surface area contributed by atoms with Gasteiger partial charge in [0, 0.05) is 33.3 Å². The summed E-state index contributed by atoms with van der Waals surface area (Å²) in [5.74, 6) is -0.660. The third kappa shape index (κ3) is 8.13. The second kappa shape index (κ2) is 18.6. The number of aryl methyl sites for hydroxylation is 6.